The first-order chi connectivity index (χ1) is 9.95. The third-order valence-corrected chi connectivity index (χ3v) is 1.21. The molecule has 0 bridgehead atoms. The first-order valence-corrected chi connectivity index (χ1v) is 3.73. The second-order valence-corrected chi connectivity index (χ2v) is 2.82. The first kappa shape index (κ1) is 4.18. The molecule has 1 N–H and O–H groups in total. The zero-order chi connectivity index (χ0) is 18.9. The molecule has 0 fully saturated rings. The molecule has 0 amide bonds. The van der Waals surface area contributed by atoms with Crippen LogP contribution in [0.4, 0.5) is 0 Å². The molecule has 0 rings (SSSR count). The molecule has 14 heavy (non-hydrogen) atoms. The minimum Gasteiger partial charge on any atom is -0.481 e. The van der Waals surface area contributed by atoms with Crippen LogP contribution in [0.3, 0.4) is 0 Å². The lowest BCUT2D eigenvalue weighted by Gasteiger charge is -2.28. The van der Waals surface area contributed by atoms with Gasteiger partial charge in [0.05, 0.1) is 39.7 Å². The van der Waals surface area contributed by atoms with Gasteiger partial charge >= 0.3 is 11.9 Å². The van der Waals surface area contributed by atoms with E-state index in [0.717, 1.165) is 6.92 Å². The van der Waals surface area contributed by atoms with Crippen LogP contribution in [0, 0.1) is 0 Å². The number of quaternary nitrogens is 1. The molecule has 0 unspecified atom stereocenters. The Morgan fingerprint density at radius 1 is 1.50 bits per heavy atom. The maximum Gasteiger partial charge on any atom is 0.307 e. The Balaban J connectivity index is 6.13. The molecule has 82 valence electrons. The van der Waals surface area contributed by atoms with Crippen LogP contribution in [-0.2, 0) is 14.3 Å². The van der Waals surface area contributed by atoms with Gasteiger partial charge < -0.3 is 14.3 Å². The van der Waals surface area contributed by atoms with Gasteiger partial charge in [-0.1, -0.05) is 0 Å². The Labute approximate surface area is 96.5 Å². The van der Waals surface area contributed by atoms with Crippen LogP contribution in [0.25, 0.3) is 0 Å². The van der Waals surface area contributed by atoms with E-state index >= 15 is 0 Å². The monoisotopic (exact) mass is 213 g/mol. The van der Waals surface area contributed by atoms with E-state index in [1.54, 1.807) is 0 Å². The summed E-state index contributed by atoms with van der Waals surface area (Å²) in [5, 5.41) is 8.78. The van der Waals surface area contributed by atoms with Gasteiger partial charge in [0, 0.05) is 6.92 Å². The first-order valence-electron chi connectivity index (χ1n) is 8.23. The molecule has 0 heterocycles. The predicted molar refractivity (Wildman–Crippen MR) is 50.7 cm³/mol. The van der Waals surface area contributed by atoms with Gasteiger partial charge in [-0.3, -0.25) is 9.59 Å². The van der Waals surface area contributed by atoms with Gasteiger partial charge in [0.15, 0.2) is 6.10 Å². The van der Waals surface area contributed by atoms with Crippen molar-refractivity contribution in [2.45, 2.75) is 19.4 Å². The van der Waals surface area contributed by atoms with Crippen molar-refractivity contribution in [3.8, 4) is 0 Å². The van der Waals surface area contributed by atoms with Gasteiger partial charge in [-0.25, -0.2) is 0 Å². The molecule has 0 aromatic carbocycles. The quantitative estimate of drug-likeness (QED) is 0.519. The van der Waals surface area contributed by atoms with Crippen molar-refractivity contribution < 1.29 is 36.3 Å². The number of hydrogen-bond acceptors (Lipinski definition) is 3. The largest absolute Gasteiger partial charge is 0.481 e. The second kappa shape index (κ2) is 4.95. The number of nitrogens with zero attached hydrogens (tertiary/aromatic N) is 1. The summed E-state index contributed by atoms with van der Waals surface area (Å²) >= 11 is 0. The minimum atomic E-state index is -3.53. The van der Waals surface area contributed by atoms with E-state index in [1.165, 1.54) is 0 Å². The summed E-state index contributed by atoms with van der Waals surface area (Å²) in [5.41, 5.74) is 0. The van der Waals surface area contributed by atoms with Crippen molar-refractivity contribution in [1.29, 1.82) is 0 Å². The molecular weight excluding hydrogens is 186 g/mol. The lowest BCUT2D eigenvalue weighted by molar-refractivity contribution is -0.873. The minimum absolute atomic E-state index is 0.906. The maximum absolute atomic E-state index is 11.0. The molecule has 0 saturated heterocycles. The second-order valence-electron chi connectivity index (χ2n) is 2.82. The number of carboxylic acids is 1. The van der Waals surface area contributed by atoms with Gasteiger partial charge in [0.25, 0.3) is 0 Å². The Kier molecular flexibility index (Phi) is 1.48. The predicted octanol–water partition coefficient (Wildman–Crippen LogP) is 0.0990. The molecule has 0 saturated carbocycles. The Hall–Kier alpha value is -1.10. The van der Waals surface area contributed by atoms with E-state index in [9.17, 15) is 9.59 Å². The molecule has 5 heteroatoms. The standard InChI is InChI=1S/C9H17NO4/c1-7(11)14-8(5-9(12)13)6-10(2,3)4/h8H,5-6H2,1-4H3/p+1/t8-/m1/s1/i2D3,3D3,4D3. The maximum atomic E-state index is 11.0. The highest BCUT2D eigenvalue weighted by Gasteiger charge is 2.23. The fraction of sp³-hybridized carbons (Fsp3) is 0.778. The van der Waals surface area contributed by atoms with Crippen molar-refractivity contribution in [2.75, 3.05) is 27.5 Å². The van der Waals surface area contributed by atoms with Crippen molar-refractivity contribution >= 4 is 11.9 Å². The van der Waals surface area contributed by atoms with Gasteiger partial charge in [-0.2, -0.15) is 0 Å². The van der Waals surface area contributed by atoms with Crippen molar-refractivity contribution in [1.82, 2.24) is 0 Å². The average Bonchev–Trinajstić information content (AvgIpc) is 2.17. The van der Waals surface area contributed by atoms with Crippen LogP contribution in [0.15, 0.2) is 0 Å². The third-order valence-electron chi connectivity index (χ3n) is 1.21. The van der Waals surface area contributed by atoms with Gasteiger partial charge in [0.2, 0.25) is 0 Å². The summed E-state index contributed by atoms with van der Waals surface area (Å²) in [4.78, 5) is 21.8. The van der Waals surface area contributed by atoms with Crippen LogP contribution in [0.2, 0.25) is 0 Å². The van der Waals surface area contributed by atoms with Crippen molar-refractivity contribution in [3.63, 3.8) is 0 Å². The highest BCUT2D eigenvalue weighted by molar-refractivity contribution is 5.69. The SMILES string of the molecule is [2H]C([2H])([2H])[N+](C[C@@H](CC(=O)O)OC(C)=O)(C([2H])([2H])[2H])C([2H])([2H])[2H]. The normalized spacial score (nSPS) is 25.6. The molecule has 0 aromatic heterocycles. The van der Waals surface area contributed by atoms with Gasteiger partial charge in [-0.05, 0) is 0 Å². The van der Waals surface area contributed by atoms with Crippen LogP contribution < -0.4 is 0 Å². The molecule has 0 aliphatic heterocycles. The Morgan fingerprint density at radius 2 is 2.07 bits per heavy atom. The molecule has 0 spiro atoms. The number of hydrogen-bond donors (Lipinski definition) is 1. The zero-order valence-corrected chi connectivity index (χ0v) is 7.61. The van der Waals surface area contributed by atoms with Gasteiger partial charge in [-0.15, -0.1) is 0 Å². The van der Waals surface area contributed by atoms with E-state index in [1.807, 2.05) is 0 Å². The summed E-state index contributed by atoms with van der Waals surface area (Å²) in [6, 6.07) is 0. The molecule has 0 radical (unpaired) electrons. The smallest absolute Gasteiger partial charge is 0.307 e. The van der Waals surface area contributed by atoms with Gasteiger partial charge in [0.1, 0.15) is 6.54 Å². The van der Waals surface area contributed by atoms with E-state index in [2.05, 4.69) is 4.74 Å². The Bertz CT molecular complexity index is 401. The molecule has 1 atom stereocenters. The lowest BCUT2D eigenvalue weighted by Crippen LogP contribution is -2.43. The number of carbonyl (C=O) groups is 2. The highest BCUT2D eigenvalue weighted by atomic mass is 16.5. The molecule has 5 nitrogen and oxygen atoms in total. The number of likely N-dealkylation sites (N-methyl/N-ethyl adjacent to an activating group) is 1. The summed E-state index contributed by atoms with van der Waals surface area (Å²) in [7, 11) is 0. The van der Waals surface area contributed by atoms with Crippen LogP contribution in [-0.4, -0.2) is 55.1 Å². The molecular formula is C9H18NO4+. The fourth-order valence-electron chi connectivity index (χ4n) is 0.878. The summed E-state index contributed by atoms with van der Waals surface area (Å²) < 4.78 is 68.9. The summed E-state index contributed by atoms with van der Waals surface area (Å²) in [6.45, 7) is -10.9. The van der Waals surface area contributed by atoms with E-state index < -0.39 is 56.4 Å². The number of carbonyl (C=O) groups excluding carboxylic acids is 1. The molecule has 0 aliphatic rings. The number of carboxylic acid groups (broad SMARTS) is 1. The van der Waals surface area contributed by atoms with E-state index in [-0.39, 0.29) is 0 Å². The lowest BCUT2D eigenvalue weighted by atomic mass is 10.2. The van der Waals surface area contributed by atoms with E-state index in [4.69, 9.17) is 17.4 Å². The average molecular weight is 213 g/mol. The summed E-state index contributed by atoms with van der Waals surface area (Å²) in [5.74, 6) is -2.49. The van der Waals surface area contributed by atoms with E-state index in [0.29, 0.717) is 0 Å². The number of aliphatic carboxylic acids is 1. The summed E-state index contributed by atoms with van der Waals surface area (Å²) in [6.07, 6.45) is -2.66. The fourth-order valence-corrected chi connectivity index (χ4v) is 0.878. The van der Waals surface area contributed by atoms with Crippen LogP contribution in [0.1, 0.15) is 25.7 Å². The third kappa shape index (κ3) is 7.54. The highest BCUT2D eigenvalue weighted by Crippen LogP contribution is 2.04. The molecule has 0 aromatic rings. The van der Waals surface area contributed by atoms with Crippen molar-refractivity contribution in [2.24, 2.45) is 0 Å². The van der Waals surface area contributed by atoms with Crippen LogP contribution in [0.5, 0.6) is 0 Å². The number of esters is 1. The number of rotatable bonds is 5. The van der Waals surface area contributed by atoms with Crippen molar-refractivity contribution in [3.05, 3.63) is 0 Å². The zero-order valence-electron chi connectivity index (χ0n) is 16.6. The number of ether oxygens (including phenoxy) is 1. The van der Waals surface area contributed by atoms with Crippen LogP contribution >= 0.6 is 0 Å². The topological polar surface area (TPSA) is 63.6 Å². The molecule has 0 aliphatic carbocycles. The Morgan fingerprint density at radius 3 is 2.43 bits per heavy atom.